The van der Waals surface area contributed by atoms with Crippen LogP contribution in [-0.4, -0.2) is 18.2 Å². The molecule has 1 saturated heterocycles. The number of fused-ring (bicyclic) bond motifs is 1. The fourth-order valence-electron chi connectivity index (χ4n) is 2.69. The molecular formula is C15H19NO2. The SMILES string of the molecule is Cc1ccc2oc(C3(O)CCCNCC3)cc2c1. The van der Waals surface area contributed by atoms with Crippen molar-refractivity contribution in [2.75, 3.05) is 13.1 Å². The van der Waals surface area contributed by atoms with Crippen LogP contribution < -0.4 is 5.32 Å². The third-order valence-corrected chi connectivity index (χ3v) is 3.79. The van der Waals surface area contributed by atoms with Gasteiger partial charge in [0.2, 0.25) is 0 Å². The van der Waals surface area contributed by atoms with Crippen molar-refractivity contribution >= 4 is 11.0 Å². The summed E-state index contributed by atoms with van der Waals surface area (Å²) in [5, 5.41) is 15.2. The van der Waals surface area contributed by atoms with Crippen LogP contribution in [0.1, 0.15) is 30.6 Å². The number of furan rings is 1. The fraction of sp³-hybridized carbons (Fsp3) is 0.467. The third-order valence-electron chi connectivity index (χ3n) is 3.79. The van der Waals surface area contributed by atoms with Gasteiger partial charge in [0.15, 0.2) is 0 Å². The molecule has 1 aromatic carbocycles. The van der Waals surface area contributed by atoms with Crippen LogP contribution in [0.4, 0.5) is 0 Å². The number of rotatable bonds is 1. The normalized spacial score (nSPS) is 25.2. The molecule has 0 amide bonds. The lowest BCUT2D eigenvalue weighted by Crippen LogP contribution is -2.26. The second kappa shape index (κ2) is 4.41. The molecular weight excluding hydrogens is 226 g/mol. The average molecular weight is 245 g/mol. The molecule has 3 rings (SSSR count). The van der Waals surface area contributed by atoms with E-state index in [1.807, 2.05) is 18.2 Å². The van der Waals surface area contributed by atoms with Gasteiger partial charge in [-0.25, -0.2) is 0 Å². The quantitative estimate of drug-likeness (QED) is 0.812. The Balaban J connectivity index is 2.02. The van der Waals surface area contributed by atoms with Crippen LogP contribution in [0.3, 0.4) is 0 Å². The summed E-state index contributed by atoms with van der Waals surface area (Å²) in [4.78, 5) is 0. The second-order valence-electron chi connectivity index (χ2n) is 5.29. The van der Waals surface area contributed by atoms with Crippen molar-refractivity contribution in [1.29, 1.82) is 0 Å². The molecule has 1 fully saturated rings. The van der Waals surface area contributed by atoms with Gasteiger partial charge in [-0.15, -0.1) is 0 Å². The smallest absolute Gasteiger partial charge is 0.136 e. The number of benzene rings is 1. The van der Waals surface area contributed by atoms with Gasteiger partial charge < -0.3 is 14.8 Å². The van der Waals surface area contributed by atoms with E-state index in [1.54, 1.807) is 0 Å². The van der Waals surface area contributed by atoms with E-state index in [0.29, 0.717) is 12.2 Å². The van der Waals surface area contributed by atoms with Gasteiger partial charge in [0.05, 0.1) is 0 Å². The van der Waals surface area contributed by atoms with Crippen molar-refractivity contribution in [3.05, 3.63) is 35.6 Å². The molecule has 1 aliphatic rings. The Bertz CT molecular complexity index is 551. The average Bonchev–Trinajstić information content (AvgIpc) is 2.65. The van der Waals surface area contributed by atoms with E-state index in [-0.39, 0.29) is 0 Å². The Kier molecular flexibility index (Phi) is 2.88. The zero-order chi connectivity index (χ0) is 12.6. The van der Waals surface area contributed by atoms with E-state index in [9.17, 15) is 5.11 Å². The molecule has 2 N–H and O–H groups in total. The van der Waals surface area contributed by atoms with Crippen LogP contribution in [0.15, 0.2) is 28.7 Å². The second-order valence-corrected chi connectivity index (χ2v) is 5.29. The minimum absolute atomic E-state index is 0.714. The summed E-state index contributed by atoms with van der Waals surface area (Å²) in [6, 6.07) is 8.11. The maximum Gasteiger partial charge on any atom is 0.136 e. The number of nitrogens with one attached hydrogen (secondary N) is 1. The number of aryl methyl sites for hydroxylation is 1. The molecule has 2 aromatic rings. The molecule has 96 valence electrons. The van der Waals surface area contributed by atoms with Gasteiger partial charge in [-0.1, -0.05) is 11.6 Å². The summed E-state index contributed by atoms with van der Waals surface area (Å²) in [5.74, 6) is 0.715. The number of aliphatic hydroxyl groups is 1. The topological polar surface area (TPSA) is 45.4 Å². The fourth-order valence-corrected chi connectivity index (χ4v) is 2.69. The summed E-state index contributed by atoms with van der Waals surface area (Å²) in [6.07, 6.45) is 2.46. The minimum Gasteiger partial charge on any atom is -0.458 e. The van der Waals surface area contributed by atoms with Gasteiger partial charge >= 0.3 is 0 Å². The van der Waals surface area contributed by atoms with E-state index in [1.165, 1.54) is 5.56 Å². The Labute approximate surface area is 107 Å². The zero-order valence-corrected chi connectivity index (χ0v) is 10.7. The Morgan fingerprint density at radius 2 is 2.11 bits per heavy atom. The minimum atomic E-state index is -0.809. The van der Waals surface area contributed by atoms with Gasteiger partial charge in [0.25, 0.3) is 0 Å². The molecule has 18 heavy (non-hydrogen) atoms. The highest BCUT2D eigenvalue weighted by Crippen LogP contribution is 2.35. The van der Waals surface area contributed by atoms with Crippen molar-refractivity contribution in [1.82, 2.24) is 5.32 Å². The highest BCUT2D eigenvalue weighted by molar-refractivity contribution is 5.78. The van der Waals surface area contributed by atoms with Gasteiger partial charge in [-0.3, -0.25) is 0 Å². The Hall–Kier alpha value is -1.32. The predicted molar refractivity (Wildman–Crippen MR) is 71.6 cm³/mol. The van der Waals surface area contributed by atoms with Crippen molar-refractivity contribution < 1.29 is 9.52 Å². The molecule has 1 aromatic heterocycles. The molecule has 3 heteroatoms. The van der Waals surface area contributed by atoms with E-state index in [2.05, 4.69) is 18.3 Å². The van der Waals surface area contributed by atoms with Gasteiger partial charge in [0.1, 0.15) is 16.9 Å². The first-order valence-electron chi connectivity index (χ1n) is 6.61. The molecule has 1 aliphatic heterocycles. The molecule has 2 heterocycles. The van der Waals surface area contributed by atoms with Crippen LogP contribution in [-0.2, 0) is 5.60 Å². The molecule has 3 nitrogen and oxygen atoms in total. The van der Waals surface area contributed by atoms with Crippen molar-refractivity contribution in [2.45, 2.75) is 31.8 Å². The summed E-state index contributed by atoms with van der Waals surface area (Å²) in [6.45, 7) is 3.88. The van der Waals surface area contributed by atoms with Crippen LogP contribution in [0.5, 0.6) is 0 Å². The highest BCUT2D eigenvalue weighted by Gasteiger charge is 2.33. The lowest BCUT2D eigenvalue weighted by molar-refractivity contribution is 0.00428. The summed E-state index contributed by atoms with van der Waals surface area (Å²) < 4.78 is 5.84. The molecule has 0 spiro atoms. The van der Waals surface area contributed by atoms with E-state index < -0.39 is 5.60 Å². The first kappa shape index (κ1) is 11.8. The van der Waals surface area contributed by atoms with E-state index in [4.69, 9.17) is 4.42 Å². The molecule has 0 aliphatic carbocycles. The van der Waals surface area contributed by atoms with Crippen LogP contribution >= 0.6 is 0 Å². The van der Waals surface area contributed by atoms with E-state index >= 15 is 0 Å². The van der Waals surface area contributed by atoms with Crippen LogP contribution in [0.2, 0.25) is 0 Å². The zero-order valence-electron chi connectivity index (χ0n) is 10.7. The largest absolute Gasteiger partial charge is 0.458 e. The lowest BCUT2D eigenvalue weighted by atomic mass is 9.92. The number of hydrogen-bond acceptors (Lipinski definition) is 3. The summed E-state index contributed by atoms with van der Waals surface area (Å²) in [7, 11) is 0. The third kappa shape index (κ3) is 2.04. The molecule has 1 atom stereocenters. The maximum atomic E-state index is 10.8. The predicted octanol–water partition coefficient (Wildman–Crippen LogP) is 2.70. The number of hydrogen-bond donors (Lipinski definition) is 2. The Morgan fingerprint density at radius 3 is 3.00 bits per heavy atom. The molecule has 0 radical (unpaired) electrons. The lowest BCUT2D eigenvalue weighted by Gasteiger charge is -2.23. The molecule has 0 saturated carbocycles. The standard InChI is InChI=1S/C15H19NO2/c1-11-3-4-13-12(9-11)10-14(18-13)15(17)5-2-7-16-8-6-15/h3-4,9-10,16-17H,2,5-8H2,1H3. The summed E-state index contributed by atoms with van der Waals surface area (Å²) >= 11 is 0. The van der Waals surface area contributed by atoms with Crippen molar-refractivity contribution in [3.8, 4) is 0 Å². The van der Waals surface area contributed by atoms with Gasteiger partial charge in [0, 0.05) is 5.39 Å². The molecule has 1 unspecified atom stereocenters. The van der Waals surface area contributed by atoms with Gasteiger partial charge in [-0.2, -0.15) is 0 Å². The Morgan fingerprint density at radius 1 is 1.22 bits per heavy atom. The first-order valence-corrected chi connectivity index (χ1v) is 6.61. The highest BCUT2D eigenvalue weighted by atomic mass is 16.4. The van der Waals surface area contributed by atoms with Crippen LogP contribution in [0, 0.1) is 6.92 Å². The van der Waals surface area contributed by atoms with Gasteiger partial charge in [-0.05, 0) is 57.5 Å². The van der Waals surface area contributed by atoms with E-state index in [0.717, 1.165) is 36.9 Å². The first-order chi connectivity index (χ1) is 8.67. The van der Waals surface area contributed by atoms with Crippen LogP contribution in [0.25, 0.3) is 11.0 Å². The summed E-state index contributed by atoms with van der Waals surface area (Å²) in [5.41, 5.74) is 1.27. The molecule has 0 bridgehead atoms. The van der Waals surface area contributed by atoms with Crippen molar-refractivity contribution in [3.63, 3.8) is 0 Å². The monoisotopic (exact) mass is 245 g/mol. The van der Waals surface area contributed by atoms with Crippen molar-refractivity contribution in [2.24, 2.45) is 0 Å². The maximum absolute atomic E-state index is 10.8.